The Morgan fingerprint density at radius 3 is 2.79 bits per heavy atom. The molecule has 2 unspecified atom stereocenters. The highest BCUT2D eigenvalue weighted by Gasteiger charge is 2.26. The van der Waals surface area contributed by atoms with Crippen molar-refractivity contribution < 1.29 is 13.9 Å². The van der Waals surface area contributed by atoms with Gasteiger partial charge in [-0.3, -0.25) is 9.89 Å². The molecule has 2 atom stereocenters. The zero-order valence-corrected chi connectivity index (χ0v) is 19.4. The smallest absolute Gasteiger partial charge is 0.191 e. The maximum absolute atomic E-state index is 5.92. The van der Waals surface area contributed by atoms with E-state index in [0.717, 1.165) is 76.3 Å². The molecule has 28 heavy (non-hydrogen) atoms. The largest absolute Gasteiger partial charge is 0.465 e. The lowest BCUT2D eigenvalue weighted by Crippen LogP contribution is -2.43. The quantitative estimate of drug-likeness (QED) is 0.232. The summed E-state index contributed by atoms with van der Waals surface area (Å²) in [5.74, 6) is 2.82. The first-order chi connectivity index (χ1) is 13.3. The second-order valence-electron chi connectivity index (χ2n) is 7.30. The van der Waals surface area contributed by atoms with E-state index in [0.29, 0.717) is 0 Å². The van der Waals surface area contributed by atoms with E-state index in [9.17, 15) is 0 Å². The van der Waals surface area contributed by atoms with Crippen molar-refractivity contribution in [3.05, 3.63) is 23.7 Å². The van der Waals surface area contributed by atoms with Crippen molar-refractivity contribution in [3.8, 4) is 0 Å². The molecule has 0 aliphatic carbocycles. The molecule has 160 valence electrons. The minimum absolute atomic E-state index is 0. The van der Waals surface area contributed by atoms with Crippen LogP contribution < -0.4 is 10.6 Å². The second kappa shape index (κ2) is 12.7. The summed E-state index contributed by atoms with van der Waals surface area (Å²) in [6, 6.07) is 4.38. The number of furan rings is 1. The van der Waals surface area contributed by atoms with Crippen LogP contribution in [0.1, 0.15) is 43.2 Å². The lowest BCUT2D eigenvalue weighted by Gasteiger charge is -2.26. The summed E-state index contributed by atoms with van der Waals surface area (Å²) in [5, 5.41) is 6.84. The maximum Gasteiger partial charge on any atom is 0.191 e. The monoisotopic (exact) mass is 506 g/mol. The summed E-state index contributed by atoms with van der Waals surface area (Å²) in [7, 11) is 1.81. The van der Waals surface area contributed by atoms with Crippen molar-refractivity contribution in [3.63, 3.8) is 0 Å². The number of halogens is 1. The van der Waals surface area contributed by atoms with E-state index in [2.05, 4.69) is 26.6 Å². The Kier molecular flexibility index (Phi) is 10.6. The molecule has 0 amide bonds. The van der Waals surface area contributed by atoms with Gasteiger partial charge in [-0.25, -0.2) is 0 Å². The third kappa shape index (κ3) is 7.20. The van der Waals surface area contributed by atoms with Crippen LogP contribution in [0.3, 0.4) is 0 Å². The predicted octanol–water partition coefficient (Wildman–Crippen LogP) is 2.70. The highest BCUT2D eigenvalue weighted by molar-refractivity contribution is 14.0. The topological polar surface area (TPSA) is 71.3 Å². The summed E-state index contributed by atoms with van der Waals surface area (Å²) in [5.41, 5.74) is 0. The van der Waals surface area contributed by atoms with Crippen molar-refractivity contribution in [2.45, 2.75) is 44.8 Å². The molecular formula is C20H35IN4O3. The molecule has 0 aromatic carbocycles. The number of rotatable bonds is 9. The number of guanidine groups is 1. The third-order valence-electron chi connectivity index (χ3n) is 5.21. The molecule has 2 N–H and O–H groups in total. The number of likely N-dealkylation sites (tertiary alicyclic amines) is 1. The maximum atomic E-state index is 5.92. The van der Waals surface area contributed by atoms with E-state index in [1.165, 1.54) is 12.8 Å². The van der Waals surface area contributed by atoms with Gasteiger partial charge in [0.25, 0.3) is 0 Å². The van der Waals surface area contributed by atoms with Crippen molar-refractivity contribution >= 4 is 29.9 Å². The molecule has 2 saturated heterocycles. The zero-order valence-electron chi connectivity index (χ0n) is 17.1. The molecule has 1 aromatic heterocycles. The predicted molar refractivity (Wildman–Crippen MR) is 122 cm³/mol. The molecule has 2 fully saturated rings. The molecule has 8 heteroatoms. The first kappa shape index (κ1) is 23.4. The van der Waals surface area contributed by atoms with Crippen LogP contribution in [0.5, 0.6) is 0 Å². The molecule has 7 nitrogen and oxygen atoms in total. The molecule has 0 bridgehead atoms. The number of nitrogens with zero attached hydrogens (tertiary/aromatic N) is 2. The average molecular weight is 506 g/mol. The van der Waals surface area contributed by atoms with Gasteiger partial charge in [0, 0.05) is 33.4 Å². The Balaban J connectivity index is 0.00000280. The summed E-state index contributed by atoms with van der Waals surface area (Å²) in [6.07, 6.45) is 4.76. The Hall–Kier alpha value is -0.840. The molecule has 0 spiro atoms. The number of aliphatic imine (C=N–C) groups is 1. The van der Waals surface area contributed by atoms with Gasteiger partial charge in [-0.05, 0) is 57.8 Å². The van der Waals surface area contributed by atoms with Gasteiger partial charge >= 0.3 is 0 Å². The summed E-state index contributed by atoms with van der Waals surface area (Å²) < 4.78 is 17.0. The van der Waals surface area contributed by atoms with Gasteiger partial charge < -0.3 is 24.5 Å². The summed E-state index contributed by atoms with van der Waals surface area (Å²) >= 11 is 0. The van der Waals surface area contributed by atoms with E-state index < -0.39 is 0 Å². The van der Waals surface area contributed by atoms with Gasteiger partial charge in [0.1, 0.15) is 11.5 Å². The molecule has 0 radical (unpaired) electrons. The molecule has 2 aliphatic heterocycles. The number of aryl methyl sites for hydroxylation is 1. The van der Waals surface area contributed by atoms with Crippen molar-refractivity contribution in [1.82, 2.24) is 15.5 Å². The first-order valence-electron chi connectivity index (χ1n) is 10.2. The molecule has 2 aliphatic rings. The van der Waals surface area contributed by atoms with E-state index in [1.54, 1.807) is 0 Å². The van der Waals surface area contributed by atoms with Gasteiger partial charge in [-0.1, -0.05) is 0 Å². The minimum atomic E-state index is 0. The number of nitrogens with one attached hydrogen (secondary N) is 2. The van der Waals surface area contributed by atoms with E-state index >= 15 is 0 Å². The van der Waals surface area contributed by atoms with Crippen LogP contribution in [-0.4, -0.2) is 70.0 Å². The van der Waals surface area contributed by atoms with Gasteiger partial charge in [-0.2, -0.15) is 0 Å². The van der Waals surface area contributed by atoms with Crippen molar-refractivity contribution in [1.29, 1.82) is 0 Å². The molecule has 1 aromatic rings. The van der Waals surface area contributed by atoms with Crippen LogP contribution in [0.2, 0.25) is 0 Å². The number of ether oxygens (including phenoxy) is 2. The van der Waals surface area contributed by atoms with Crippen LogP contribution in [-0.2, 0) is 9.47 Å². The average Bonchev–Trinajstić information content (AvgIpc) is 3.43. The van der Waals surface area contributed by atoms with Gasteiger partial charge in [0.2, 0.25) is 0 Å². The Morgan fingerprint density at radius 2 is 2.14 bits per heavy atom. The van der Waals surface area contributed by atoms with Crippen LogP contribution >= 0.6 is 24.0 Å². The Bertz CT molecular complexity index is 584. The third-order valence-corrected chi connectivity index (χ3v) is 5.21. The van der Waals surface area contributed by atoms with Gasteiger partial charge in [-0.15, -0.1) is 24.0 Å². The van der Waals surface area contributed by atoms with Crippen LogP contribution in [0, 0.1) is 6.92 Å². The second-order valence-corrected chi connectivity index (χ2v) is 7.30. The van der Waals surface area contributed by atoms with Crippen LogP contribution in [0.4, 0.5) is 0 Å². The lowest BCUT2D eigenvalue weighted by atomic mass is 10.2. The Morgan fingerprint density at radius 1 is 1.32 bits per heavy atom. The van der Waals surface area contributed by atoms with Crippen LogP contribution in [0.15, 0.2) is 21.5 Å². The SMILES string of the molecule is CN=C(NCCCOC1CCOC1)NCC(c1ccc(C)o1)N1CCCC1.I. The molecule has 0 saturated carbocycles. The molecule has 3 rings (SSSR count). The van der Waals surface area contributed by atoms with Crippen molar-refractivity contribution in [2.24, 2.45) is 4.99 Å². The standard InChI is InChI=1S/C20H34N4O3.HI/c1-16-6-7-19(27-16)18(24-10-3-4-11-24)14-23-20(21-2)22-9-5-12-26-17-8-13-25-15-17;/h6-7,17-18H,3-5,8-15H2,1-2H3,(H2,21,22,23);1H. The summed E-state index contributed by atoms with van der Waals surface area (Å²) in [4.78, 5) is 6.84. The zero-order chi connectivity index (χ0) is 18.9. The molecule has 3 heterocycles. The first-order valence-corrected chi connectivity index (χ1v) is 10.2. The summed E-state index contributed by atoms with van der Waals surface area (Å²) in [6.45, 7) is 8.18. The van der Waals surface area contributed by atoms with E-state index in [4.69, 9.17) is 13.9 Å². The van der Waals surface area contributed by atoms with Crippen molar-refractivity contribution in [2.75, 3.05) is 53.0 Å². The van der Waals surface area contributed by atoms with E-state index in [-0.39, 0.29) is 36.1 Å². The Labute approximate surface area is 185 Å². The van der Waals surface area contributed by atoms with Gasteiger partial charge in [0.15, 0.2) is 5.96 Å². The normalized spacial score (nSPS) is 21.5. The highest BCUT2D eigenvalue weighted by Crippen LogP contribution is 2.26. The van der Waals surface area contributed by atoms with E-state index in [1.807, 2.05) is 20.0 Å². The fraction of sp³-hybridized carbons (Fsp3) is 0.750. The number of hydrogen-bond acceptors (Lipinski definition) is 5. The highest BCUT2D eigenvalue weighted by atomic mass is 127. The van der Waals surface area contributed by atoms with Gasteiger partial charge in [0.05, 0.1) is 18.8 Å². The fourth-order valence-corrected chi connectivity index (χ4v) is 3.68. The molecular weight excluding hydrogens is 471 g/mol. The van der Waals surface area contributed by atoms with Crippen LogP contribution in [0.25, 0.3) is 0 Å². The number of hydrogen-bond donors (Lipinski definition) is 2. The minimum Gasteiger partial charge on any atom is -0.465 e. The fourth-order valence-electron chi connectivity index (χ4n) is 3.68. The lowest BCUT2D eigenvalue weighted by molar-refractivity contribution is 0.0420.